The van der Waals surface area contributed by atoms with E-state index in [4.69, 9.17) is 14.6 Å². The second kappa shape index (κ2) is 24.2. The van der Waals surface area contributed by atoms with E-state index in [2.05, 4.69) is 41.1 Å². The van der Waals surface area contributed by atoms with E-state index in [1.807, 2.05) is 0 Å². The molecule has 0 aromatic carbocycles. The summed E-state index contributed by atoms with van der Waals surface area (Å²) in [5.74, 6) is -2.88. The van der Waals surface area contributed by atoms with Crippen molar-refractivity contribution < 1.29 is 48.2 Å². The summed E-state index contributed by atoms with van der Waals surface area (Å²) in [6, 6.07) is 0. The largest absolute Gasteiger partial charge is 0.481 e. The van der Waals surface area contributed by atoms with E-state index < -0.39 is 23.8 Å². The molecular weight excluding hydrogens is 504 g/mol. The molecule has 0 radical (unpaired) electrons. The highest BCUT2D eigenvalue weighted by Crippen LogP contribution is 2.12. The number of carbonyl (C=O) groups is 6. The van der Waals surface area contributed by atoms with Crippen LogP contribution in [0.25, 0.3) is 0 Å². The third-order valence-corrected chi connectivity index (χ3v) is 4.69. The molecule has 0 aromatic rings. The first-order valence-electron chi connectivity index (χ1n) is 12.6. The summed E-state index contributed by atoms with van der Waals surface area (Å²) in [4.78, 5) is 71.5. The molecule has 1 rings (SSSR count). The Kier molecular flexibility index (Phi) is 23.6. The maximum absolute atomic E-state index is 11.3. The quantitative estimate of drug-likeness (QED) is 0.176. The zero-order chi connectivity index (χ0) is 29.3. The third kappa shape index (κ3) is 23.3. The Labute approximate surface area is 224 Å². The van der Waals surface area contributed by atoms with E-state index in [0.717, 1.165) is 0 Å². The lowest BCUT2D eigenvalue weighted by Crippen LogP contribution is -2.32. The van der Waals surface area contributed by atoms with Gasteiger partial charge in [-0.1, -0.05) is 20.8 Å². The average Bonchev–Trinajstić information content (AvgIpc) is 3.17. The maximum atomic E-state index is 11.3. The number of imide groups is 1. The summed E-state index contributed by atoms with van der Waals surface area (Å²) < 4.78 is 9.97. The number of rotatable bonds is 16. The van der Waals surface area contributed by atoms with Crippen molar-refractivity contribution in [1.29, 1.82) is 0 Å². The molecule has 0 saturated carbocycles. The Balaban J connectivity index is 0. The zero-order valence-electron chi connectivity index (χ0n) is 23.2. The van der Waals surface area contributed by atoms with Gasteiger partial charge in [0.15, 0.2) is 0 Å². The third-order valence-electron chi connectivity index (χ3n) is 4.69. The number of carbonyl (C=O) groups excluding carboxylic acids is 5. The number of hydrogen-bond acceptors (Lipinski definition) is 10. The van der Waals surface area contributed by atoms with E-state index in [1.165, 1.54) is 33.5 Å². The van der Waals surface area contributed by atoms with Gasteiger partial charge in [0.2, 0.25) is 11.8 Å². The van der Waals surface area contributed by atoms with Crippen molar-refractivity contribution in [3.63, 3.8) is 0 Å². The molecule has 0 aliphatic carbocycles. The SMILES string of the molecule is CC(=O)NCCOCCC(=O)O.CC(=O)NCCOCCC(=O)ON1C(=O)CCC1=O.CCN(CC)CC. The minimum Gasteiger partial charge on any atom is -0.481 e. The summed E-state index contributed by atoms with van der Waals surface area (Å²) in [5, 5.41) is 13.8. The lowest BCUT2D eigenvalue weighted by atomic mass is 10.4. The van der Waals surface area contributed by atoms with Crippen molar-refractivity contribution >= 4 is 35.6 Å². The van der Waals surface area contributed by atoms with Crippen LogP contribution >= 0.6 is 0 Å². The normalized spacial score (nSPS) is 12.2. The van der Waals surface area contributed by atoms with Crippen LogP contribution in [-0.4, -0.2) is 110 Å². The topological polar surface area (TPSA) is 181 Å². The molecule has 3 N–H and O–H groups in total. The standard InChI is InChI=1S/C11H16N2O6.C7H13NO4.C6H15N/c1-8(14)12-5-7-18-6-4-11(17)19-13-9(15)2-3-10(13)16;1-6(9)8-3-5-12-4-2-7(10)11;1-4-7(5-2)6-3/h2-7H2,1H3,(H,12,14);2-5H2,1H3,(H,8,9)(H,10,11);4-6H2,1-3H3. The highest BCUT2D eigenvalue weighted by molar-refractivity contribution is 6.01. The van der Waals surface area contributed by atoms with Crippen LogP contribution in [0.1, 0.15) is 60.3 Å². The highest BCUT2D eigenvalue weighted by atomic mass is 16.7. The Morgan fingerprint density at radius 1 is 0.789 bits per heavy atom. The van der Waals surface area contributed by atoms with Gasteiger partial charge in [-0.25, -0.2) is 4.79 Å². The number of aliphatic carboxylic acids is 1. The first-order chi connectivity index (χ1) is 18.0. The van der Waals surface area contributed by atoms with Gasteiger partial charge in [-0.15, -0.1) is 5.06 Å². The first kappa shape index (κ1) is 37.1. The van der Waals surface area contributed by atoms with Gasteiger partial charge in [-0.05, 0) is 19.6 Å². The molecule has 1 aliphatic heterocycles. The van der Waals surface area contributed by atoms with E-state index in [1.54, 1.807) is 0 Å². The fourth-order valence-electron chi connectivity index (χ4n) is 2.59. The number of amides is 4. The molecule has 220 valence electrons. The van der Waals surface area contributed by atoms with Gasteiger partial charge in [-0.3, -0.25) is 24.0 Å². The molecule has 1 fully saturated rings. The molecule has 0 unspecified atom stereocenters. The van der Waals surface area contributed by atoms with Gasteiger partial charge >= 0.3 is 11.9 Å². The molecule has 0 spiro atoms. The Hall–Kier alpha value is -3.10. The number of hydroxylamine groups is 2. The smallest absolute Gasteiger partial charge is 0.335 e. The van der Waals surface area contributed by atoms with Crippen molar-refractivity contribution in [2.45, 2.75) is 60.3 Å². The monoisotopic (exact) mass is 548 g/mol. The van der Waals surface area contributed by atoms with Crippen molar-refractivity contribution in [2.75, 3.05) is 59.2 Å². The van der Waals surface area contributed by atoms with E-state index >= 15 is 0 Å². The Morgan fingerprint density at radius 3 is 1.55 bits per heavy atom. The number of carboxylic acid groups (broad SMARTS) is 1. The fourth-order valence-corrected chi connectivity index (χ4v) is 2.59. The Morgan fingerprint density at radius 2 is 1.21 bits per heavy atom. The number of carboxylic acids is 1. The predicted octanol–water partition coefficient (Wildman–Crippen LogP) is 0.0983. The zero-order valence-corrected chi connectivity index (χ0v) is 23.2. The fraction of sp³-hybridized carbons (Fsp3) is 0.750. The lowest BCUT2D eigenvalue weighted by Gasteiger charge is -2.13. The molecule has 1 aliphatic rings. The van der Waals surface area contributed by atoms with Crippen molar-refractivity contribution in [1.82, 2.24) is 20.6 Å². The molecule has 14 heteroatoms. The summed E-state index contributed by atoms with van der Waals surface area (Å²) >= 11 is 0. The van der Waals surface area contributed by atoms with E-state index in [9.17, 15) is 28.8 Å². The molecule has 14 nitrogen and oxygen atoms in total. The van der Waals surface area contributed by atoms with E-state index in [-0.39, 0.29) is 57.3 Å². The van der Waals surface area contributed by atoms with Crippen LogP contribution < -0.4 is 10.6 Å². The highest BCUT2D eigenvalue weighted by Gasteiger charge is 2.32. The first-order valence-corrected chi connectivity index (χ1v) is 12.6. The van der Waals surface area contributed by atoms with Gasteiger partial charge in [0.05, 0.1) is 39.3 Å². The lowest BCUT2D eigenvalue weighted by molar-refractivity contribution is -0.198. The van der Waals surface area contributed by atoms with Crippen LogP contribution in [0.5, 0.6) is 0 Å². The molecule has 0 aromatic heterocycles. The molecule has 1 saturated heterocycles. The van der Waals surface area contributed by atoms with Crippen molar-refractivity contribution in [3.05, 3.63) is 0 Å². The number of nitrogens with one attached hydrogen (secondary N) is 2. The Bertz CT molecular complexity index is 689. The second-order valence-corrected chi connectivity index (χ2v) is 7.75. The van der Waals surface area contributed by atoms with Gasteiger partial charge < -0.3 is 35.0 Å². The summed E-state index contributed by atoms with van der Waals surface area (Å²) in [6.07, 6.45) is 0.0653. The van der Waals surface area contributed by atoms with Crippen LogP contribution in [0.15, 0.2) is 0 Å². The summed E-state index contributed by atoms with van der Waals surface area (Å²) in [6.45, 7) is 14.6. The molecule has 1 heterocycles. The van der Waals surface area contributed by atoms with Crippen LogP contribution in [0.4, 0.5) is 0 Å². The number of hydrogen-bond donors (Lipinski definition) is 3. The van der Waals surface area contributed by atoms with Gasteiger partial charge in [-0.2, -0.15) is 0 Å². The number of ether oxygens (including phenoxy) is 2. The maximum Gasteiger partial charge on any atom is 0.335 e. The van der Waals surface area contributed by atoms with Crippen molar-refractivity contribution in [3.8, 4) is 0 Å². The predicted molar refractivity (Wildman–Crippen MR) is 137 cm³/mol. The number of nitrogens with zero attached hydrogens (tertiary/aromatic N) is 2. The van der Waals surface area contributed by atoms with Crippen molar-refractivity contribution in [2.24, 2.45) is 0 Å². The van der Waals surface area contributed by atoms with Crippen LogP contribution in [0.2, 0.25) is 0 Å². The minimum atomic E-state index is -0.880. The van der Waals surface area contributed by atoms with Gasteiger partial charge in [0.25, 0.3) is 11.8 Å². The molecule has 38 heavy (non-hydrogen) atoms. The van der Waals surface area contributed by atoms with Crippen LogP contribution in [-0.2, 0) is 43.1 Å². The molecular formula is C24H44N4O10. The van der Waals surface area contributed by atoms with E-state index in [0.29, 0.717) is 24.8 Å². The second-order valence-electron chi connectivity index (χ2n) is 7.75. The minimum absolute atomic E-state index is 0.0000709. The van der Waals surface area contributed by atoms with Gasteiger partial charge in [0, 0.05) is 39.8 Å². The van der Waals surface area contributed by atoms with Gasteiger partial charge in [0.1, 0.15) is 0 Å². The molecule has 0 atom stereocenters. The molecule has 4 amide bonds. The average molecular weight is 549 g/mol. The van der Waals surface area contributed by atoms with Crippen LogP contribution in [0, 0.1) is 0 Å². The van der Waals surface area contributed by atoms with Crippen LogP contribution in [0.3, 0.4) is 0 Å². The molecule has 0 bridgehead atoms. The summed E-state index contributed by atoms with van der Waals surface area (Å²) in [7, 11) is 0. The summed E-state index contributed by atoms with van der Waals surface area (Å²) in [5.41, 5.74) is 0.